The van der Waals surface area contributed by atoms with Crippen molar-refractivity contribution in [3.8, 4) is 5.75 Å². The quantitative estimate of drug-likeness (QED) is 0.631. The molecule has 0 saturated heterocycles. The molecule has 1 aliphatic heterocycles. The molecule has 1 aromatic heterocycles. The summed E-state index contributed by atoms with van der Waals surface area (Å²) < 4.78 is 7.70. The van der Waals surface area contributed by atoms with Crippen LogP contribution in [-0.2, 0) is 18.3 Å². The maximum atomic E-state index is 12.4. The molecule has 5 heteroatoms. The summed E-state index contributed by atoms with van der Waals surface area (Å²) in [5.41, 5.74) is 1.89. The summed E-state index contributed by atoms with van der Waals surface area (Å²) in [4.78, 5) is 23.6. The summed E-state index contributed by atoms with van der Waals surface area (Å²) in [6.45, 7) is 0. The Hall–Kier alpha value is -1.88. The summed E-state index contributed by atoms with van der Waals surface area (Å²) in [5, 5.41) is 0. The predicted octanol–water partition coefficient (Wildman–Crippen LogP) is 2.48. The van der Waals surface area contributed by atoms with Gasteiger partial charge >= 0.3 is 5.97 Å². The minimum Gasteiger partial charge on any atom is -0.424 e. The molecule has 19 heavy (non-hydrogen) atoms. The first-order chi connectivity index (χ1) is 9.06. The van der Waals surface area contributed by atoms with Gasteiger partial charge in [-0.05, 0) is 24.3 Å². The molecule has 0 fully saturated rings. The summed E-state index contributed by atoms with van der Waals surface area (Å²) in [5.74, 6) is 0.136. The highest BCUT2D eigenvalue weighted by Crippen LogP contribution is 2.30. The highest BCUT2D eigenvalue weighted by Gasteiger charge is 2.28. The number of hydrogen-bond donors (Lipinski definition) is 0. The zero-order valence-corrected chi connectivity index (χ0v) is 11.7. The van der Waals surface area contributed by atoms with Gasteiger partial charge in [0, 0.05) is 23.2 Å². The number of carbonyl (C=O) groups excluding carboxylic acids is 2. The molecular weight excluding hydrogens is 310 g/mol. The molecule has 4 nitrogen and oxygen atoms in total. The van der Waals surface area contributed by atoms with Crippen LogP contribution >= 0.6 is 15.9 Å². The highest BCUT2D eigenvalue weighted by molar-refractivity contribution is 9.10. The van der Waals surface area contributed by atoms with Gasteiger partial charge < -0.3 is 9.30 Å². The average molecular weight is 320 g/mol. The zero-order valence-electron chi connectivity index (χ0n) is 10.1. The largest absolute Gasteiger partial charge is 0.424 e. The maximum Gasteiger partial charge on any atom is 0.317 e. The molecule has 2 aromatic rings. The fraction of sp³-hybridized carbons (Fsp3) is 0.143. The van der Waals surface area contributed by atoms with Crippen LogP contribution in [-0.4, -0.2) is 16.3 Å². The third kappa shape index (κ3) is 2.00. The first-order valence-corrected chi connectivity index (χ1v) is 6.55. The lowest BCUT2D eigenvalue weighted by atomic mass is 10.1. The van der Waals surface area contributed by atoms with E-state index in [9.17, 15) is 9.59 Å². The number of aromatic nitrogens is 1. The molecule has 0 unspecified atom stereocenters. The minimum absolute atomic E-state index is 0.0829. The van der Waals surface area contributed by atoms with Gasteiger partial charge in [-0.15, -0.1) is 0 Å². The van der Waals surface area contributed by atoms with Crippen molar-refractivity contribution in [2.75, 3.05) is 0 Å². The van der Waals surface area contributed by atoms with E-state index in [1.54, 1.807) is 29.8 Å². The Morgan fingerprint density at radius 3 is 2.63 bits per heavy atom. The van der Waals surface area contributed by atoms with E-state index >= 15 is 0 Å². The smallest absolute Gasteiger partial charge is 0.317 e. The van der Waals surface area contributed by atoms with E-state index < -0.39 is 0 Å². The van der Waals surface area contributed by atoms with Gasteiger partial charge in [0.15, 0.2) is 5.75 Å². The summed E-state index contributed by atoms with van der Waals surface area (Å²) in [6.07, 6.45) is 0.222. The molecular formula is C14H10BrNO3. The highest BCUT2D eigenvalue weighted by atomic mass is 79.9. The number of carbonyl (C=O) groups is 2. The van der Waals surface area contributed by atoms with E-state index in [-0.39, 0.29) is 18.2 Å². The molecule has 96 valence electrons. The van der Waals surface area contributed by atoms with Crippen molar-refractivity contribution in [2.24, 2.45) is 7.05 Å². The molecule has 0 atom stereocenters. The number of fused-ring (bicyclic) bond motifs is 1. The minimum atomic E-state index is -0.275. The van der Waals surface area contributed by atoms with Gasteiger partial charge in [-0.3, -0.25) is 9.59 Å². The first-order valence-electron chi connectivity index (χ1n) is 5.76. The Bertz CT molecular complexity index is 685. The molecule has 0 N–H and O–H groups in total. The van der Waals surface area contributed by atoms with Crippen molar-refractivity contribution in [1.29, 1.82) is 0 Å². The topological polar surface area (TPSA) is 48.3 Å². The average Bonchev–Trinajstić information content (AvgIpc) is 2.88. The third-order valence-electron chi connectivity index (χ3n) is 3.19. The number of esters is 1. The van der Waals surface area contributed by atoms with Crippen molar-refractivity contribution in [3.05, 3.63) is 51.8 Å². The Kier molecular flexibility index (Phi) is 2.78. The Labute approximate surface area is 118 Å². The second-order valence-corrected chi connectivity index (χ2v) is 5.30. The SMILES string of the molecule is Cn1c(C(=O)c2ccc(Br)cc2)cc2c1CC(=O)O2. The molecule has 0 aliphatic carbocycles. The van der Waals surface area contributed by atoms with E-state index in [0.29, 0.717) is 17.0 Å². The van der Waals surface area contributed by atoms with Crippen molar-refractivity contribution in [1.82, 2.24) is 4.57 Å². The van der Waals surface area contributed by atoms with Crippen LogP contribution in [0.5, 0.6) is 5.75 Å². The fourth-order valence-corrected chi connectivity index (χ4v) is 2.44. The van der Waals surface area contributed by atoms with Gasteiger partial charge in [0.05, 0.1) is 17.8 Å². The van der Waals surface area contributed by atoms with E-state index in [2.05, 4.69) is 15.9 Å². The first kappa shape index (κ1) is 12.2. The van der Waals surface area contributed by atoms with Crippen LogP contribution in [0.4, 0.5) is 0 Å². The van der Waals surface area contributed by atoms with E-state index in [0.717, 1.165) is 10.2 Å². The predicted molar refractivity (Wildman–Crippen MR) is 72.3 cm³/mol. The summed E-state index contributed by atoms with van der Waals surface area (Å²) in [7, 11) is 1.77. The van der Waals surface area contributed by atoms with Crippen LogP contribution in [0.25, 0.3) is 0 Å². The van der Waals surface area contributed by atoms with Gasteiger partial charge in [-0.2, -0.15) is 0 Å². The monoisotopic (exact) mass is 319 g/mol. The number of rotatable bonds is 2. The number of nitrogens with zero attached hydrogens (tertiary/aromatic N) is 1. The normalized spacial score (nSPS) is 13.3. The van der Waals surface area contributed by atoms with Crippen LogP contribution in [0.15, 0.2) is 34.8 Å². The second kappa shape index (κ2) is 4.35. The number of ether oxygens (including phenoxy) is 1. The van der Waals surface area contributed by atoms with Crippen molar-refractivity contribution < 1.29 is 14.3 Å². The van der Waals surface area contributed by atoms with Crippen LogP contribution < -0.4 is 4.74 Å². The van der Waals surface area contributed by atoms with E-state index in [4.69, 9.17) is 4.74 Å². The lowest BCUT2D eigenvalue weighted by Gasteiger charge is -2.04. The van der Waals surface area contributed by atoms with Gasteiger partial charge in [0.2, 0.25) is 5.78 Å². The molecule has 0 amide bonds. The standard InChI is InChI=1S/C14H10BrNO3/c1-16-10-7-13(17)19-12(10)6-11(16)14(18)8-2-4-9(15)5-3-8/h2-6H,7H2,1H3. The summed E-state index contributed by atoms with van der Waals surface area (Å²) >= 11 is 3.33. The van der Waals surface area contributed by atoms with Gasteiger partial charge in [0.1, 0.15) is 0 Å². The molecule has 2 heterocycles. The molecule has 0 saturated carbocycles. The van der Waals surface area contributed by atoms with Crippen LogP contribution in [0.2, 0.25) is 0 Å². The molecule has 0 radical (unpaired) electrons. The van der Waals surface area contributed by atoms with Gasteiger partial charge in [-0.1, -0.05) is 15.9 Å². The Balaban J connectivity index is 2.00. The zero-order chi connectivity index (χ0) is 13.6. The second-order valence-electron chi connectivity index (χ2n) is 4.39. The molecule has 3 rings (SSSR count). The molecule has 0 bridgehead atoms. The van der Waals surface area contributed by atoms with Crippen molar-refractivity contribution in [3.63, 3.8) is 0 Å². The van der Waals surface area contributed by atoms with Crippen LogP contribution in [0.1, 0.15) is 21.7 Å². The maximum absolute atomic E-state index is 12.4. The lowest BCUT2D eigenvalue weighted by molar-refractivity contribution is -0.131. The van der Waals surface area contributed by atoms with Crippen molar-refractivity contribution in [2.45, 2.75) is 6.42 Å². The molecule has 0 spiro atoms. The van der Waals surface area contributed by atoms with E-state index in [1.807, 2.05) is 12.1 Å². The van der Waals surface area contributed by atoms with Crippen LogP contribution in [0.3, 0.4) is 0 Å². The molecule has 1 aromatic carbocycles. The number of hydrogen-bond acceptors (Lipinski definition) is 3. The Morgan fingerprint density at radius 1 is 1.32 bits per heavy atom. The number of ketones is 1. The van der Waals surface area contributed by atoms with Crippen molar-refractivity contribution >= 4 is 27.7 Å². The third-order valence-corrected chi connectivity index (χ3v) is 3.72. The number of halogens is 1. The summed E-state index contributed by atoms with van der Waals surface area (Å²) in [6, 6.07) is 8.80. The van der Waals surface area contributed by atoms with Gasteiger partial charge in [-0.25, -0.2) is 0 Å². The fourth-order valence-electron chi connectivity index (χ4n) is 2.17. The number of benzene rings is 1. The van der Waals surface area contributed by atoms with Gasteiger partial charge in [0.25, 0.3) is 0 Å². The Morgan fingerprint density at radius 2 is 2.00 bits per heavy atom. The molecule has 1 aliphatic rings. The van der Waals surface area contributed by atoms with E-state index in [1.165, 1.54) is 0 Å². The van der Waals surface area contributed by atoms with Crippen LogP contribution in [0, 0.1) is 0 Å². The lowest BCUT2D eigenvalue weighted by Crippen LogP contribution is -2.11.